The Bertz CT molecular complexity index is 1480. The molecule has 0 saturated carbocycles. The highest BCUT2D eigenvalue weighted by molar-refractivity contribution is 5.83. The van der Waals surface area contributed by atoms with Crippen LogP contribution in [0.4, 0.5) is 19.0 Å². The van der Waals surface area contributed by atoms with Gasteiger partial charge in [0.05, 0.1) is 29.2 Å². The van der Waals surface area contributed by atoms with E-state index in [-0.39, 0.29) is 11.5 Å². The number of alkyl halides is 2. The lowest BCUT2D eigenvalue weighted by molar-refractivity contribution is -0.127. The normalized spacial score (nSPS) is 16.7. The number of fused-ring (bicyclic) bond motifs is 1. The molecule has 0 amide bonds. The topological polar surface area (TPSA) is 103 Å². The van der Waals surface area contributed by atoms with Crippen LogP contribution in [0.2, 0.25) is 0 Å². The van der Waals surface area contributed by atoms with Gasteiger partial charge in [0.2, 0.25) is 0 Å². The molecule has 1 aliphatic heterocycles. The second-order valence-corrected chi connectivity index (χ2v) is 10.4. The molecule has 12 heteroatoms. The summed E-state index contributed by atoms with van der Waals surface area (Å²) in [6.45, 7) is 4.46. The monoisotopic (exact) mass is 541 g/mol. The maximum atomic E-state index is 14.1. The molecule has 9 nitrogen and oxygen atoms in total. The maximum absolute atomic E-state index is 14.1. The van der Waals surface area contributed by atoms with E-state index in [9.17, 15) is 23.4 Å². The van der Waals surface area contributed by atoms with Crippen molar-refractivity contribution >= 4 is 16.9 Å². The van der Waals surface area contributed by atoms with Gasteiger partial charge < -0.3 is 15.1 Å². The zero-order chi connectivity index (χ0) is 27.9. The second kappa shape index (κ2) is 10.2. The van der Waals surface area contributed by atoms with Crippen molar-refractivity contribution in [1.29, 1.82) is 0 Å². The lowest BCUT2D eigenvalue weighted by Gasteiger charge is -2.36. The lowest BCUT2D eigenvalue weighted by Crippen LogP contribution is -2.46. The van der Waals surface area contributed by atoms with Crippen LogP contribution in [-0.2, 0) is 12.1 Å². The number of nitrogens with zero attached hydrogens (tertiary/aromatic N) is 7. The number of piperazine rings is 1. The summed E-state index contributed by atoms with van der Waals surface area (Å²) in [5, 5.41) is 25.2. The number of aliphatic hydroxyl groups is 2. The molecule has 206 valence electrons. The summed E-state index contributed by atoms with van der Waals surface area (Å²) in [6, 6.07) is 8.23. The number of benzene rings is 1. The number of aromatic nitrogens is 5. The average Bonchev–Trinajstić information content (AvgIpc) is 3.39. The molecule has 4 aromatic rings. The Hall–Kier alpha value is -3.61. The van der Waals surface area contributed by atoms with E-state index in [0.29, 0.717) is 71.1 Å². The van der Waals surface area contributed by atoms with Crippen molar-refractivity contribution in [3.05, 3.63) is 66.0 Å². The van der Waals surface area contributed by atoms with Crippen LogP contribution in [0, 0.1) is 5.82 Å². The predicted octanol–water partition coefficient (Wildman–Crippen LogP) is 3.72. The Labute approximate surface area is 223 Å². The SMILES string of the molecule is CC(C)(O)[C@](C)(O)c1cc2nc(-c3cnn(C(F)F)c3)c(N3CCN(Cc4ccccc4F)CC3)nc2cn1. The van der Waals surface area contributed by atoms with Crippen LogP contribution in [0.15, 0.2) is 48.9 Å². The first-order chi connectivity index (χ1) is 18.4. The minimum Gasteiger partial charge on any atom is -0.387 e. The van der Waals surface area contributed by atoms with E-state index in [1.54, 1.807) is 12.1 Å². The summed E-state index contributed by atoms with van der Waals surface area (Å²) < 4.78 is 41.3. The fourth-order valence-electron chi connectivity index (χ4n) is 4.50. The first-order valence-electron chi connectivity index (χ1n) is 12.6. The minimum absolute atomic E-state index is 0.195. The molecular formula is C27H30F3N7O2. The molecular weight excluding hydrogens is 511 g/mol. The second-order valence-electron chi connectivity index (χ2n) is 10.4. The van der Waals surface area contributed by atoms with Gasteiger partial charge in [-0.25, -0.2) is 19.0 Å². The molecule has 1 aromatic carbocycles. The van der Waals surface area contributed by atoms with Gasteiger partial charge in [0, 0.05) is 50.0 Å². The summed E-state index contributed by atoms with van der Waals surface area (Å²) in [5.74, 6) is 0.250. The van der Waals surface area contributed by atoms with Gasteiger partial charge in [-0.1, -0.05) is 18.2 Å². The molecule has 1 fully saturated rings. The molecule has 3 aromatic heterocycles. The van der Waals surface area contributed by atoms with Crippen molar-refractivity contribution in [3.63, 3.8) is 0 Å². The van der Waals surface area contributed by atoms with E-state index in [1.165, 1.54) is 51.5 Å². The summed E-state index contributed by atoms with van der Waals surface area (Å²) in [5.41, 5.74) is -0.814. The summed E-state index contributed by atoms with van der Waals surface area (Å²) in [6.07, 6.45) is 4.00. The van der Waals surface area contributed by atoms with Gasteiger partial charge in [0.25, 0.3) is 0 Å². The Kier molecular flexibility index (Phi) is 7.04. The van der Waals surface area contributed by atoms with Gasteiger partial charge in [-0.05, 0) is 32.9 Å². The number of anilines is 1. The third-order valence-corrected chi connectivity index (χ3v) is 7.32. The molecule has 0 aliphatic carbocycles. The zero-order valence-corrected chi connectivity index (χ0v) is 21.9. The van der Waals surface area contributed by atoms with E-state index in [1.807, 2.05) is 11.0 Å². The Morgan fingerprint density at radius 1 is 0.974 bits per heavy atom. The molecule has 1 saturated heterocycles. The quantitative estimate of drug-likeness (QED) is 0.365. The van der Waals surface area contributed by atoms with Crippen molar-refractivity contribution in [2.24, 2.45) is 0 Å². The van der Waals surface area contributed by atoms with Gasteiger partial charge in [0.1, 0.15) is 22.6 Å². The van der Waals surface area contributed by atoms with Crippen LogP contribution in [0.1, 0.15) is 38.6 Å². The third-order valence-electron chi connectivity index (χ3n) is 7.32. The van der Waals surface area contributed by atoms with Gasteiger partial charge in [-0.3, -0.25) is 9.88 Å². The van der Waals surface area contributed by atoms with E-state index < -0.39 is 17.8 Å². The Morgan fingerprint density at radius 2 is 1.69 bits per heavy atom. The largest absolute Gasteiger partial charge is 0.387 e. The van der Waals surface area contributed by atoms with Crippen molar-refractivity contribution in [3.8, 4) is 11.3 Å². The third kappa shape index (κ3) is 5.32. The van der Waals surface area contributed by atoms with Crippen molar-refractivity contribution in [2.75, 3.05) is 31.1 Å². The summed E-state index contributed by atoms with van der Waals surface area (Å²) in [4.78, 5) is 18.0. The fourth-order valence-corrected chi connectivity index (χ4v) is 4.50. The number of halogens is 3. The van der Waals surface area contributed by atoms with Crippen molar-refractivity contribution < 1.29 is 23.4 Å². The molecule has 0 radical (unpaired) electrons. The van der Waals surface area contributed by atoms with Crippen LogP contribution >= 0.6 is 0 Å². The highest BCUT2D eigenvalue weighted by Crippen LogP contribution is 2.35. The number of hydrogen-bond acceptors (Lipinski definition) is 8. The summed E-state index contributed by atoms with van der Waals surface area (Å²) in [7, 11) is 0. The van der Waals surface area contributed by atoms with Gasteiger partial charge in [0.15, 0.2) is 5.82 Å². The molecule has 0 bridgehead atoms. The molecule has 1 atom stereocenters. The molecule has 0 unspecified atom stereocenters. The van der Waals surface area contributed by atoms with Crippen molar-refractivity contribution in [2.45, 2.75) is 45.1 Å². The predicted molar refractivity (Wildman–Crippen MR) is 140 cm³/mol. The molecule has 0 spiro atoms. The van der Waals surface area contributed by atoms with Crippen LogP contribution in [0.3, 0.4) is 0 Å². The molecule has 5 rings (SSSR count). The van der Waals surface area contributed by atoms with Crippen LogP contribution in [0.5, 0.6) is 0 Å². The molecule has 2 N–H and O–H groups in total. The first kappa shape index (κ1) is 27.0. The highest BCUT2D eigenvalue weighted by atomic mass is 19.3. The first-order valence-corrected chi connectivity index (χ1v) is 12.6. The zero-order valence-electron chi connectivity index (χ0n) is 21.9. The fraction of sp³-hybridized carbons (Fsp3) is 0.407. The van der Waals surface area contributed by atoms with E-state index in [2.05, 4.69) is 15.0 Å². The van der Waals surface area contributed by atoms with E-state index in [0.717, 1.165) is 0 Å². The smallest absolute Gasteiger partial charge is 0.333 e. The van der Waals surface area contributed by atoms with E-state index in [4.69, 9.17) is 9.97 Å². The Balaban J connectivity index is 1.50. The average molecular weight is 542 g/mol. The Morgan fingerprint density at radius 3 is 2.33 bits per heavy atom. The standard InChI is InChI=1S/C27H30F3N7O2/c1-26(2,38)27(3,39)22-12-20-21(14-31-22)34-24(23(33-20)18-13-32-37(16-18)25(29)30)36-10-8-35(9-11-36)15-17-6-4-5-7-19(17)28/h4-7,12-14,16,25,38-39H,8-11,15H2,1-3H3/t27-/m1/s1. The van der Waals surface area contributed by atoms with Gasteiger partial charge >= 0.3 is 6.55 Å². The highest BCUT2D eigenvalue weighted by Gasteiger charge is 2.40. The van der Waals surface area contributed by atoms with Gasteiger partial charge in [-0.15, -0.1) is 0 Å². The molecule has 1 aliphatic rings. The lowest BCUT2D eigenvalue weighted by atomic mass is 9.84. The van der Waals surface area contributed by atoms with Crippen LogP contribution in [0.25, 0.3) is 22.3 Å². The van der Waals surface area contributed by atoms with Crippen LogP contribution < -0.4 is 4.90 Å². The van der Waals surface area contributed by atoms with Crippen molar-refractivity contribution in [1.82, 2.24) is 29.6 Å². The summed E-state index contributed by atoms with van der Waals surface area (Å²) >= 11 is 0. The number of pyridine rings is 1. The van der Waals surface area contributed by atoms with Crippen LogP contribution in [-0.4, -0.2) is 71.6 Å². The van der Waals surface area contributed by atoms with Gasteiger partial charge in [-0.2, -0.15) is 13.9 Å². The number of rotatable bonds is 7. The molecule has 39 heavy (non-hydrogen) atoms. The maximum Gasteiger partial charge on any atom is 0.333 e. The molecule has 4 heterocycles. The minimum atomic E-state index is -2.81. The van der Waals surface area contributed by atoms with E-state index >= 15 is 0 Å². The number of hydrogen-bond donors (Lipinski definition) is 2.